The van der Waals surface area contributed by atoms with E-state index >= 15 is 4.79 Å². The Hall–Kier alpha value is -3.68. The van der Waals surface area contributed by atoms with E-state index in [4.69, 9.17) is 37.4 Å². The third-order valence-electron chi connectivity index (χ3n) is 14.4. The van der Waals surface area contributed by atoms with Crippen molar-refractivity contribution in [2.75, 3.05) is 0 Å². The molecular formula is C45H56Cl2N2O10. The molecule has 13 unspecified atom stereocenters. The molecule has 1 saturated carbocycles. The molecule has 1 aromatic heterocycles. The van der Waals surface area contributed by atoms with Crippen LogP contribution in [-0.4, -0.2) is 80.2 Å². The van der Waals surface area contributed by atoms with Gasteiger partial charge in [-0.2, -0.15) is 0 Å². The number of H-pyrrole nitrogens is 1. The molecule has 1 aromatic rings. The lowest BCUT2D eigenvalue weighted by Crippen LogP contribution is -2.58. The number of ether oxygens (including phenoxy) is 3. The molecule has 2 bridgehead atoms. The van der Waals surface area contributed by atoms with Crippen LogP contribution in [0.4, 0.5) is 0 Å². The number of aliphatic carboxylic acids is 1. The number of carbonyl (C=O) groups is 4. The summed E-state index contributed by atoms with van der Waals surface area (Å²) in [6.45, 7) is 11.4. The van der Waals surface area contributed by atoms with Gasteiger partial charge in [0, 0.05) is 29.7 Å². The Labute approximate surface area is 355 Å². The molecule has 2 saturated heterocycles. The van der Waals surface area contributed by atoms with Gasteiger partial charge in [0.05, 0.1) is 34.8 Å². The number of amides is 1. The maximum atomic E-state index is 15.2. The number of aliphatic hydroxyl groups is 2. The zero-order valence-electron chi connectivity index (χ0n) is 34.4. The molecule has 1 spiro atoms. The van der Waals surface area contributed by atoms with Gasteiger partial charge in [-0.3, -0.25) is 9.59 Å². The maximum absolute atomic E-state index is 15.2. The van der Waals surface area contributed by atoms with Crippen molar-refractivity contribution in [1.29, 1.82) is 0 Å². The number of hydrogen-bond donors (Lipinski definition) is 5. The summed E-state index contributed by atoms with van der Waals surface area (Å²) in [5.74, 6) is -4.71. The van der Waals surface area contributed by atoms with E-state index in [1.165, 1.54) is 6.07 Å². The van der Waals surface area contributed by atoms with Crippen LogP contribution in [-0.2, 0) is 28.6 Å². The van der Waals surface area contributed by atoms with E-state index in [2.05, 4.69) is 41.5 Å². The molecule has 3 heterocycles. The first-order valence-corrected chi connectivity index (χ1v) is 21.7. The van der Waals surface area contributed by atoms with Crippen molar-refractivity contribution in [3.05, 3.63) is 80.9 Å². The lowest BCUT2D eigenvalue weighted by Gasteiger charge is -2.55. The van der Waals surface area contributed by atoms with Crippen LogP contribution >= 0.6 is 23.2 Å². The second-order valence-electron chi connectivity index (χ2n) is 17.8. The highest BCUT2D eigenvalue weighted by Gasteiger charge is 2.67. The number of fused-ring (bicyclic) bond motifs is 4. The molecule has 13 atom stereocenters. The topological polar surface area (TPSA) is 184 Å². The Kier molecular flexibility index (Phi) is 12.0. The van der Waals surface area contributed by atoms with E-state index in [0.29, 0.717) is 32.1 Å². The first-order valence-electron chi connectivity index (χ1n) is 20.9. The average molecular weight is 856 g/mol. The summed E-state index contributed by atoms with van der Waals surface area (Å²) in [6.07, 6.45) is 12.3. The number of carbonyl (C=O) groups excluding carboxylic acids is 3. The van der Waals surface area contributed by atoms with Crippen LogP contribution in [0, 0.1) is 40.4 Å². The van der Waals surface area contributed by atoms with Crippen LogP contribution in [0.25, 0.3) is 0 Å². The normalized spacial score (nSPS) is 41.1. The van der Waals surface area contributed by atoms with Gasteiger partial charge in [0.25, 0.3) is 5.91 Å². The molecule has 59 heavy (non-hydrogen) atoms. The number of aromatic amines is 1. The van der Waals surface area contributed by atoms with Gasteiger partial charge in [0.15, 0.2) is 11.9 Å². The molecular weight excluding hydrogens is 799 g/mol. The fourth-order valence-corrected chi connectivity index (χ4v) is 11.9. The van der Waals surface area contributed by atoms with E-state index in [-0.39, 0.29) is 69.3 Å². The number of aliphatic hydroxyl groups excluding tert-OH is 2. The second kappa shape index (κ2) is 16.3. The number of halogens is 2. The van der Waals surface area contributed by atoms with Crippen LogP contribution in [0.2, 0.25) is 10.2 Å². The van der Waals surface area contributed by atoms with Crippen LogP contribution in [0.3, 0.4) is 0 Å². The zero-order chi connectivity index (χ0) is 42.8. The molecule has 2 aliphatic heterocycles. The van der Waals surface area contributed by atoms with Crippen molar-refractivity contribution in [1.82, 2.24) is 10.3 Å². The molecule has 6 aliphatic rings. The minimum atomic E-state index is -1.75. The van der Waals surface area contributed by atoms with Gasteiger partial charge in [-0.15, -0.1) is 0 Å². The SMILES string of the molecule is CCC1CC23OC(=O)C(=C(O)C4(CC)C(C=CC5C(OC6CC(O)C(NC(=O)c7[nH]c(Cl)cc7Cl)C(C)O6)C(C)CCC54)C/C=C/C/C(C)=C/C2(C)C=C1C(=O)O)C3=O. The fourth-order valence-electron chi connectivity index (χ4n) is 11.4. The molecule has 1 amide bonds. The number of carboxylic acid groups (broad SMARTS) is 1. The average Bonchev–Trinajstić information content (AvgIpc) is 3.65. The number of esters is 1. The first kappa shape index (κ1) is 43.4. The van der Waals surface area contributed by atoms with E-state index in [9.17, 15) is 29.7 Å². The first-order chi connectivity index (χ1) is 27.9. The second-order valence-corrected chi connectivity index (χ2v) is 18.6. The third kappa shape index (κ3) is 7.24. The van der Waals surface area contributed by atoms with E-state index < -0.39 is 76.6 Å². The number of ketones is 1. The smallest absolute Gasteiger partial charge is 0.346 e. The summed E-state index contributed by atoms with van der Waals surface area (Å²) in [5, 5.41) is 37.6. The summed E-state index contributed by atoms with van der Waals surface area (Å²) in [7, 11) is 0. The third-order valence-corrected chi connectivity index (χ3v) is 14.9. The largest absolute Gasteiger partial charge is 0.511 e. The maximum Gasteiger partial charge on any atom is 0.346 e. The summed E-state index contributed by atoms with van der Waals surface area (Å²) in [6, 6.07) is 0.664. The zero-order valence-corrected chi connectivity index (χ0v) is 35.9. The van der Waals surface area contributed by atoms with E-state index in [1.54, 1.807) is 19.9 Å². The number of aromatic nitrogens is 1. The lowest BCUT2D eigenvalue weighted by atomic mass is 9.51. The molecule has 5 N–H and O–H groups in total. The van der Waals surface area contributed by atoms with Crippen molar-refractivity contribution < 1.29 is 48.7 Å². The predicted octanol–water partition coefficient (Wildman–Crippen LogP) is 7.97. The van der Waals surface area contributed by atoms with Crippen LogP contribution in [0.1, 0.15) is 103 Å². The summed E-state index contributed by atoms with van der Waals surface area (Å²) in [5.41, 5.74) is -3.32. The van der Waals surface area contributed by atoms with Crippen molar-refractivity contribution in [3.63, 3.8) is 0 Å². The molecule has 320 valence electrons. The Bertz CT molecular complexity index is 2040. The number of rotatable bonds is 7. The number of Topliss-reactive ketones (excluding diaryl/α,β-unsaturated/α-hetero) is 1. The van der Waals surface area contributed by atoms with Gasteiger partial charge < -0.3 is 39.8 Å². The Morgan fingerprint density at radius 3 is 2.49 bits per heavy atom. The molecule has 14 heteroatoms. The predicted molar refractivity (Wildman–Crippen MR) is 220 cm³/mol. The van der Waals surface area contributed by atoms with Gasteiger partial charge in [-0.05, 0) is 89.0 Å². The number of hydrogen-bond acceptors (Lipinski definition) is 9. The van der Waals surface area contributed by atoms with Gasteiger partial charge >= 0.3 is 11.9 Å². The summed E-state index contributed by atoms with van der Waals surface area (Å²) in [4.78, 5) is 57.7. The highest BCUT2D eigenvalue weighted by Crippen LogP contribution is 2.61. The molecule has 3 fully saturated rings. The molecule has 0 aromatic carbocycles. The molecule has 7 rings (SSSR count). The van der Waals surface area contributed by atoms with Crippen LogP contribution in [0.15, 0.2) is 65.0 Å². The molecule has 4 aliphatic carbocycles. The van der Waals surface area contributed by atoms with Gasteiger partial charge in [-0.25, -0.2) is 9.59 Å². The molecule has 0 radical (unpaired) electrons. The van der Waals surface area contributed by atoms with Crippen LogP contribution < -0.4 is 5.32 Å². The minimum Gasteiger partial charge on any atom is -0.511 e. The van der Waals surface area contributed by atoms with Crippen molar-refractivity contribution >= 4 is 46.8 Å². The van der Waals surface area contributed by atoms with Crippen molar-refractivity contribution in [2.45, 2.75) is 129 Å². The quantitative estimate of drug-likeness (QED) is 0.102. The Balaban J connectivity index is 1.23. The van der Waals surface area contributed by atoms with Gasteiger partial charge in [0.1, 0.15) is 22.2 Å². The summed E-state index contributed by atoms with van der Waals surface area (Å²) < 4.78 is 19.4. The van der Waals surface area contributed by atoms with Crippen molar-refractivity contribution in [2.24, 2.45) is 40.4 Å². The van der Waals surface area contributed by atoms with Crippen molar-refractivity contribution in [3.8, 4) is 0 Å². The highest BCUT2D eigenvalue weighted by atomic mass is 35.5. The standard InChI is InChI=1S/C45H56Cl2N2O10/c1-7-25-20-45-39(52)34(42(56)59-45)38(51)44(8-2)26(12-10-9-11-22(3)19-43(45,6)21-28(25)41(54)55)14-15-27-29(44)16-13-23(4)37(27)58-33-18-31(50)35(24(5)57-33)49-40(53)36-30(46)17-32(47)48-36/h9-10,14-15,17,19,21,23-27,29,31,33,35,37,48,50-51H,7-8,11-13,16,18,20H2,1-6H3,(H,49,53)(H,54,55)/b10-9+,22-19+,38-34?. The fraction of sp³-hybridized carbons (Fsp3) is 0.600. The monoisotopic (exact) mass is 854 g/mol. The number of nitrogens with one attached hydrogen (secondary N) is 2. The Morgan fingerprint density at radius 2 is 1.85 bits per heavy atom. The van der Waals surface area contributed by atoms with E-state index in [1.807, 2.05) is 26.8 Å². The Morgan fingerprint density at radius 1 is 1.10 bits per heavy atom. The van der Waals surface area contributed by atoms with Gasteiger partial charge in [-0.1, -0.05) is 86.0 Å². The molecule has 12 nitrogen and oxygen atoms in total. The summed E-state index contributed by atoms with van der Waals surface area (Å²) >= 11 is 12.2. The van der Waals surface area contributed by atoms with E-state index in [0.717, 1.165) is 12.0 Å². The lowest BCUT2D eigenvalue weighted by molar-refractivity contribution is -0.258. The highest BCUT2D eigenvalue weighted by molar-refractivity contribution is 6.36. The van der Waals surface area contributed by atoms with Crippen LogP contribution in [0.5, 0.6) is 0 Å². The van der Waals surface area contributed by atoms with Gasteiger partial charge in [0.2, 0.25) is 5.78 Å². The minimum absolute atomic E-state index is 0.0225. The number of allylic oxidation sites excluding steroid dienone is 5. The number of carboxylic acids is 1.